The molecule has 0 bridgehead atoms. The zero-order chi connectivity index (χ0) is 18.0. The van der Waals surface area contributed by atoms with E-state index in [1.807, 2.05) is 0 Å². The van der Waals surface area contributed by atoms with Gasteiger partial charge in [-0.25, -0.2) is 4.79 Å². The second-order valence-electron chi connectivity index (χ2n) is 5.72. The van der Waals surface area contributed by atoms with E-state index in [0.717, 1.165) is 24.6 Å². The number of carboxylic acids is 1. The predicted octanol–water partition coefficient (Wildman–Crippen LogP) is 1.95. The number of likely N-dealkylation sites (tertiary alicyclic amines) is 1. The molecule has 132 valence electrons. The molecule has 7 nitrogen and oxygen atoms in total. The van der Waals surface area contributed by atoms with Crippen molar-refractivity contribution < 1.29 is 23.9 Å². The van der Waals surface area contributed by atoms with Crippen molar-refractivity contribution in [2.75, 3.05) is 13.1 Å². The van der Waals surface area contributed by atoms with E-state index in [4.69, 9.17) is 16.6 Å². The van der Waals surface area contributed by atoms with Gasteiger partial charge in [-0.15, -0.1) is 0 Å². The minimum Gasteiger partial charge on any atom is -0.480 e. The van der Waals surface area contributed by atoms with Crippen LogP contribution in [0.1, 0.15) is 25.0 Å². The largest absolute Gasteiger partial charge is 0.480 e. The van der Waals surface area contributed by atoms with E-state index in [0.29, 0.717) is 23.6 Å². The molecule has 3 rings (SSSR count). The van der Waals surface area contributed by atoms with Crippen LogP contribution in [0.4, 0.5) is 0 Å². The minimum absolute atomic E-state index is 0.246. The quantitative estimate of drug-likeness (QED) is 0.630. The molecule has 25 heavy (non-hydrogen) atoms. The van der Waals surface area contributed by atoms with Gasteiger partial charge >= 0.3 is 5.97 Å². The maximum absolute atomic E-state index is 12.5. The number of thioether (sulfide) groups is 1. The van der Waals surface area contributed by atoms with E-state index in [-0.39, 0.29) is 16.8 Å². The van der Waals surface area contributed by atoms with E-state index < -0.39 is 17.9 Å². The second-order valence-corrected chi connectivity index (χ2v) is 7.40. The van der Waals surface area contributed by atoms with Gasteiger partial charge in [-0.2, -0.15) is 0 Å². The summed E-state index contributed by atoms with van der Waals surface area (Å²) in [6.07, 6.45) is 5.03. The molecular formula is C16H16N2O5S2. The van der Waals surface area contributed by atoms with Crippen LogP contribution in [-0.2, 0) is 14.4 Å². The van der Waals surface area contributed by atoms with Crippen molar-refractivity contribution in [2.24, 2.45) is 0 Å². The van der Waals surface area contributed by atoms with Crippen molar-refractivity contribution in [3.63, 3.8) is 0 Å². The topological polar surface area (TPSA) is 91.1 Å². The predicted molar refractivity (Wildman–Crippen MR) is 95.6 cm³/mol. The molecular weight excluding hydrogens is 364 g/mol. The fourth-order valence-electron chi connectivity index (χ4n) is 2.85. The maximum atomic E-state index is 12.5. The number of nitrogens with zero attached hydrogens (tertiary/aromatic N) is 2. The van der Waals surface area contributed by atoms with Crippen molar-refractivity contribution in [1.29, 1.82) is 0 Å². The molecule has 0 spiro atoms. The van der Waals surface area contributed by atoms with Gasteiger partial charge in [0.15, 0.2) is 0 Å². The molecule has 2 amide bonds. The lowest BCUT2D eigenvalue weighted by atomic mass is 10.0. The maximum Gasteiger partial charge on any atom is 0.326 e. The number of carboxylic acid groups (broad SMARTS) is 1. The molecule has 2 aliphatic rings. The number of hydrogen-bond donors (Lipinski definition) is 1. The molecule has 0 aliphatic carbocycles. The smallest absolute Gasteiger partial charge is 0.326 e. The van der Waals surface area contributed by atoms with Gasteiger partial charge in [0.2, 0.25) is 5.91 Å². The summed E-state index contributed by atoms with van der Waals surface area (Å²) in [7, 11) is 0. The number of furan rings is 1. The number of aliphatic carboxylic acids is 1. The van der Waals surface area contributed by atoms with Crippen LogP contribution in [0.5, 0.6) is 0 Å². The number of carbonyl (C=O) groups excluding carboxylic acids is 2. The molecule has 9 heteroatoms. The molecule has 0 saturated carbocycles. The average molecular weight is 380 g/mol. The third-order valence-corrected chi connectivity index (χ3v) is 5.47. The van der Waals surface area contributed by atoms with Gasteiger partial charge in [-0.3, -0.25) is 14.5 Å². The first-order chi connectivity index (χ1) is 12.0. The summed E-state index contributed by atoms with van der Waals surface area (Å²) in [4.78, 5) is 39.3. The Hall–Kier alpha value is -2.13. The Balaban J connectivity index is 1.71. The van der Waals surface area contributed by atoms with Gasteiger partial charge in [-0.1, -0.05) is 24.0 Å². The van der Waals surface area contributed by atoms with Crippen LogP contribution in [0, 0.1) is 0 Å². The molecule has 2 saturated heterocycles. The lowest BCUT2D eigenvalue weighted by Crippen LogP contribution is -2.51. The first-order valence-corrected chi connectivity index (χ1v) is 9.01. The summed E-state index contributed by atoms with van der Waals surface area (Å²) in [6.45, 7) is 0.136. The van der Waals surface area contributed by atoms with Crippen molar-refractivity contribution >= 4 is 52.2 Å². The Kier molecular flexibility index (Phi) is 5.24. The normalized spacial score (nSPS) is 22.7. The van der Waals surface area contributed by atoms with E-state index >= 15 is 0 Å². The molecule has 0 radical (unpaired) electrons. The number of thiocarbonyl (C=S) groups is 1. The molecule has 0 aromatic carbocycles. The molecule has 1 unspecified atom stereocenters. The summed E-state index contributed by atoms with van der Waals surface area (Å²) in [5.41, 5.74) is 0. The van der Waals surface area contributed by atoms with Crippen LogP contribution in [0.2, 0.25) is 0 Å². The van der Waals surface area contributed by atoms with Crippen LogP contribution in [0.3, 0.4) is 0 Å². The van der Waals surface area contributed by atoms with Gasteiger partial charge in [0.1, 0.15) is 22.7 Å². The number of amides is 2. The summed E-state index contributed by atoms with van der Waals surface area (Å²) < 4.78 is 5.46. The first-order valence-electron chi connectivity index (χ1n) is 7.78. The van der Waals surface area contributed by atoms with Crippen molar-refractivity contribution in [2.45, 2.75) is 25.3 Å². The molecule has 2 aliphatic heterocycles. The van der Waals surface area contributed by atoms with Gasteiger partial charge < -0.3 is 14.4 Å². The van der Waals surface area contributed by atoms with Crippen molar-refractivity contribution in [1.82, 2.24) is 9.80 Å². The zero-order valence-corrected chi connectivity index (χ0v) is 14.8. The van der Waals surface area contributed by atoms with Gasteiger partial charge in [-0.05, 0) is 31.4 Å². The standard InChI is InChI=1S/C16H16N2O5S2/c19-13(17-6-2-1-5-11(17)15(21)22)9-18-14(20)12(25-16(18)24)8-10-4-3-7-23-10/h3-4,7-8,11H,1-2,5-6,9H2,(H,21,22). The fraction of sp³-hybridized carbons (Fsp3) is 0.375. The lowest BCUT2D eigenvalue weighted by Gasteiger charge is -2.33. The number of piperidine rings is 1. The fourth-order valence-corrected chi connectivity index (χ4v) is 4.09. The van der Waals surface area contributed by atoms with Crippen molar-refractivity contribution in [3.8, 4) is 0 Å². The summed E-state index contributed by atoms with van der Waals surface area (Å²) in [5.74, 6) is -1.27. The molecule has 2 fully saturated rings. The Morgan fingerprint density at radius 1 is 1.44 bits per heavy atom. The number of hydrogen-bond acceptors (Lipinski definition) is 6. The highest BCUT2D eigenvalue weighted by Crippen LogP contribution is 2.32. The molecule has 3 heterocycles. The Bertz CT molecular complexity index is 744. The molecule has 1 aromatic heterocycles. The summed E-state index contributed by atoms with van der Waals surface area (Å²) in [6, 6.07) is 2.58. The Labute approximate surface area is 153 Å². The highest BCUT2D eigenvalue weighted by Gasteiger charge is 2.37. The molecule has 1 atom stereocenters. The Morgan fingerprint density at radius 3 is 2.92 bits per heavy atom. The van der Waals surface area contributed by atoms with Gasteiger partial charge in [0.05, 0.1) is 11.2 Å². The minimum atomic E-state index is -1.02. The SMILES string of the molecule is O=C(O)C1CCCCN1C(=O)CN1C(=O)C(=Cc2ccco2)SC1=S. The van der Waals surface area contributed by atoms with Crippen LogP contribution in [-0.4, -0.2) is 56.1 Å². The molecule has 1 aromatic rings. The van der Waals surface area contributed by atoms with Gasteiger partial charge in [0, 0.05) is 12.6 Å². The van der Waals surface area contributed by atoms with E-state index in [9.17, 15) is 19.5 Å². The second kappa shape index (κ2) is 7.40. The Morgan fingerprint density at radius 2 is 2.24 bits per heavy atom. The number of rotatable bonds is 4. The van der Waals surface area contributed by atoms with Crippen LogP contribution in [0.15, 0.2) is 27.7 Å². The lowest BCUT2D eigenvalue weighted by molar-refractivity contribution is -0.152. The van der Waals surface area contributed by atoms with Crippen LogP contribution in [0.25, 0.3) is 6.08 Å². The van der Waals surface area contributed by atoms with E-state index in [1.165, 1.54) is 16.1 Å². The third-order valence-electron chi connectivity index (χ3n) is 4.09. The first kappa shape index (κ1) is 17.7. The average Bonchev–Trinajstić information content (AvgIpc) is 3.19. The summed E-state index contributed by atoms with van der Waals surface area (Å²) >= 11 is 6.30. The summed E-state index contributed by atoms with van der Waals surface area (Å²) in [5, 5.41) is 9.28. The third kappa shape index (κ3) is 3.77. The van der Waals surface area contributed by atoms with E-state index in [2.05, 4.69) is 0 Å². The van der Waals surface area contributed by atoms with Crippen molar-refractivity contribution in [3.05, 3.63) is 29.1 Å². The monoisotopic (exact) mass is 380 g/mol. The van der Waals surface area contributed by atoms with Gasteiger partial charge in [0.25, 0.3) is 5.91 Å². The molecule has 1 N–H and O–H groups in total. The van der Waals surface area contributed by atoms with Crippen LogP contribution < -0.4 is 0 Å². The van der Waals surface area contributed by atoms with E-state index in [1.54, 1.807) is 18.2 Å². The number of carbonyl (C=O) groups is 3. The zero-order valence-electron chi connectivity index (χ0n) is 13.2. The highest BCUT2D eigenvalue weighted by atomic mass is 32.2. The highest BCUT2D eigenvalue weighted by molar-refractivity contribution is 8.26. The van der Waals surface area contributed by atoms with Crippen LogP contribution >= 0.6 is 24.0 Å².